The van der Waals surface area contributed by atoms with E-state index in [1.165, 1.54) is 0 Å². The molecule has 0 saturated carbocycles. The normalized spacial score (nSPS) is 18.3. The molecule has 2 rings (SSSR count). The summed E-state index contributed by atoms with van der Waals surface area (Å²) in [5.74, 6) is 0. The van der Waals surface area contributed by atoms with Crippen LogP contribution in [0.1, 0.15) is 25.3 Å². The summed E-state index contributed by atoms with van der Waals surface area (Å²) in [6, 6.07) is 5.04. The van der Waals surface area contributed by atoms with Crippen LogP contribution in [-0.2, 0) is 10.0 Å². The van der Waals surface area contributed by atoms with E-state index in [0.717, 1.165) is 32.5 Å². The molecule has 1 aliphatic rings. The van der Waals surface area contributed by atoms with Crippen molar-refractivity contribution in [3.63, 3.8) is 0 Å². The van der Waals surface area contributed by atoms with Crippen LogP contribution >= 0.6 is 0 Å². The maximum atomic E-state index is 12.8. The lowest BCUT2D eigenvalue weighted by Gasteiger charge is -2.35. The second-order valence-corrected chi connectivity index (χ2v) is 7.68. The van der Waals surface area contributed by atoms with Gasteiger partial charge in [-0.3, -0.25) is 0 Å². The highest BCUT2D eigenvalue weighted by molar-refractivity contribution is 7.89. The smallest absolute Gasteiger partial charge is 0.243 e. The predicted octanol–water partition coefficient (Wildman–Crippen LogP) is 1.68. The van der Waals surface area contributed by atoms with E-state index in [1.54, 1.807) is 36.5 Å². The lowest BCUT2D eigenvalue weighted by molar-refractivity contribution is 0.176. The molecule has 5 nitrogen and oxygen atoms in total. The lowest BCUT2D eigenvalue weighted by atomic mass is 10.1. The Hall–Kier alpha value is -1.11. The SMILES string of the molecule is CCN1CCC(N(C)S(=O)(=O)c2ccc(N)cc2C)CC1. The molecule has 21 heavy (non-hydrogen) atoms. The third-order valence-corrected chi connectivity index (χ3v) is 6.44. The van der Waals surface area contributed by atoms with Gasteiger partial charge in [0.2, 0.25) is 10.0 Å². The summed E-state index contributed by atoms with van der Waals surface area (Å²) in [6.07, 6.45) is 1.77. The number of hydrogen-bond acceptors (Lipinski definition) is 4. The first-order chi connectivity index (χ1) is 9.86. The standard InChI is InChI=1S/C15H25N3O2S/c1-4-18-9-7-14(8-10-18)17(3)21(19,20)15-6-5-13(16)11-12(15)2/h5-6,11,14H,4,7-10,16H2,1-3H3. The van der Waals surface area contributed by atoms with Crippen LogP contribution in [0.15, 0.2) is 23.1 Å². The number of hydrogen-bond donors (Lipinski definition) is 1. The van der Waals surface area contributed by atoms with Crippen LogP contribution in [0, 0.1) is 6.92 Å². The van der Waals surface area contributed by atoms with Crippen molar-refractivity contribution in [2.45, 2.75) is 37.6 Å². The molecule has 1 aromatic carbocycles. The molecule has 0 amide bonds. The molecule has 1 aromatic rings. The van der Waals surface area contributed by atoms with Crippen molar-refractivity contribution in [2.75, 3.05) is 32.4 Å². The van der Waals surface area contributed by atoms with E-state index in [9.17, 15) is 8.42 Å². The molecule has 0 atom stereocenters. The molecule has 2 N–H and O–H groups in total. The van der Waals surface area contributed by atoms with Crippen LogP contribution in [0.5, 0.6) is 0 Å². The molecular formula is C15H25N3O2S. The van der Waals surface area contributed by atoms with E-state index in [2.05, 4.69) is 11.8 Å². The second kappa shape index (κ2) is 6.34. The van der Waals surface area contributed by atoms with Crippen LogP contribution in [0.3, 0.4) is 0 Å². The van der Waals surface area contributed by atoms with Crippen LogP contribution < -0.4 is 5.73 Å². The maximum absolute atomic E-state index is 12.8. The first kappa shape index (κ1) is 16.3. The Morgan fingerprint density at radius 3 is 2.48 bits per heavy atom. The van der Waals surface area contributed by atoms with Gasteiger partial charge in [-0.2, -0.15) is 4.31 Å². The number of nitrogens with two attached hydrogens (primary N) is 1. The maximum Gasteiger partial charge on any atom is 0.243 e. The van der Waals surface area contributed by atoms with Gasteiger partial charge in [-0.15, -0.1) is 0 Å². The van der Waals surface area contributed by atoms with Gasteiger partial charge in [-0.1, -0.05) is 6.92 Å². The highest BCUT2D eigenvalue weighted by Crippen LogP contribution is 2.25. The van der Waals surface area contributed by atoms with Gasteiger partial charge in [0.15, 0.2) is 0 Å². The Bertz CT molecular complexity index is 593. The zero-order valence-corrected chi connectivity index (χ0v) is 13.9. The number of nitrogens with zero attached hydrogens (tertiary/aromatic N) is 2. The zero-order valence-electron chi connectivity index (χ0n) is 13.0. The molecule has 1 aliphatic heterocycles. The van der Waals surface area contributed by atoms with Gasteiger partial charge in [0, 0.05) is 18.8 Å². The molecule has 118 valence electrons. The molecule has 0 aliphatic carbocycles. The monoisotopic (exact) mass is 311 g/mol. The van der Waals surface area contributed by atoms with Gasteiger partial charge in [0.1, 0.15) is 0 Å². The minimum atomic E-state index is -3.45. The summed E-state index contributed by atoms with van der Waals surface area (Å²) in [5, 5.41) is 0. The van der Waals surface area contributed by atoms with Crippen LogP contribution in [-0.4, -0.2) is 50.3 Å². The van der Waals surface area contributed by atoms with E-state index < -0.39 is 10.0 Å². The number of benzene rings is 1. The summed E-state index contributed by atoms with van der Waals surface area (Å²) < 4.78 is 27.1. The summed E-state index contributed by atoms with van der Waals surface area (Å²) >= 11 is 0. The number of rotatable bonds is 4. The van der Waals surface area contributed by atoms with Crippen molar-refractivity contribution in [1.82, 2.24) is 9.21 Å². The van der Waals surface area contributed by atoms with Gasteiger partial charge < -0.3 is 10.6 Å². The molecular weight excluding hydrogens is 286 g/mol. The van der Waals surface area contributed by atoms with E-state index in [-0.39, 0.29) is 6.04 Å². The summed E-state index contributed by atoms with van der Waals surface area (Å²) in [4.78, 5) is 2.71. The van der Waals surface area contributed by atoms with Crippen LogP contribution in [0.2, 0.25) is 0 Å². The number of nitrogen functional groups attached to an aromatic ring is 1. The number of anilines is 1. The Morgan fingerprint density at radius 1 is 1.33 bits per heavy atom. The largest absolute Gasteiger partial charge is 0.399 e. The van der Waals surface area contributed by atoms with E-state index >= 15 is 0 Å². The zero-order chi connectivity index (χ0) is 15.6. The topological polar surface area (TPSA) is 66.6 Å². The van der Waals surface area contributed by atoms with E-state index in [4.69, 9.17) is 5.73 Å². The van der Waals surface area contributed by atoms with Crippen molar-refractivity contribution < 1.29 is 8.42 Å². The summed E-state index contributed by atoms with van der Waals surface area (Å²) in [7, 11) is -1.76. The Morgan fingerprint density at radius 2 is 1.95 bits per heavy atom. The molecule has 1 saturated heterocycles. The van der Waals surface area contributed by atoms with E-state index in [1.807, 2.05) is 0 Å². The molecule has 1 fully saturated rings. The molecule has 0 radical (unpaired) electrons. The Kier molecular flexibility index (Phi) is 4.91. The first-order valence-electron chi connectivity index (χ1n) is 7.42. The average molecular weight is 311 g/mol. The number of sulfonamides is 1. The molecule has 6 heteroatoms. The number of likely N-dealkylation sites (tertiary alicyclic amines) is 1. The molecule has 0 bridgehead atoms. The highest BCUT2D eigenvalue weighted by atomic mass is 32.2. The minimum Gasteiger partial charge on any atom is -0.399 e. The molecule has 0 spiro atoms. The van der Waals surface area contributed by atoms with Crippen molar-refractivity contribution in [3.05, 3.63) is 23.8 Å². The third-order valence-electron chi connectivity index (χ3n) is 4.37. The summed E-state index contributed by atoms with van der Waals surface area (Å²) in [5.41, 5.74) is 7.00. The van der Waals surface area contributed by atoms with Gasteiger partial charge in [-0.05, 0) is 63.2 Å². The molecule has 1 heterocycles. The van der Waals surface area contributed by atoms with Gasteiger partial charge in [0.25, 0.3) is 0 Å². The fourth-order valence-electron chi connectivity index (χ4n) is 2.91. The Balaban J connectivity index is 2.19. The Labute approximate surface area is 127 Å². The average Bonchev–Trinajstić information content (AvgIpc) is 2.46. The third kappa shape index (κ3) is 3.39. The van der Waals surface area contributed by atoms with Gasteiger partial charge in [-0.25, -0.2) is 8.42 Å². The predicted molar refractivity (Wildman–Crippen MR) is 85.7 cm³/mol. The minimum absolute atomic E-state index is 0.0785. The van der Waals surface area contributed by atoms with Crippen LogP contribution in [0.4, 0.5) is 5.69 Å². The number of aryl methyl sites for hydroxylation is 1. The second-order valence-electron chi connectivity index (χ2n) is 5.71. The highest BCUT2D eigenvalue weighted by Gasteiger charge is 2.31. The molecule has 0 unspecified atom stereocenters. The van der Waals surface area contributed by atoms with Crippen molar-refractivity contribution in [1.29, 1.82) is 0 Å². The lowest BCUT2D eigenvalue weighted by Crippen LogP contribution is -2.45. The summed E-state index contributed by atoms with van der Waals surface area (Å²) in [6.45, 7) is 6.87. The fraction of sp³-hybridized carbons (Fsp3) is 0.600. The van der Waals surface area contributed by atoms with Crippen molar-refractivity contribution in [3.8, 4) is 0 Å². The fourth-order valence-corrected chi connectivity index (χ4v) is 4.53. The molecule has 0 aromatic heterocycles. The van der Waals surface area contributed by atoms with E-state index in [0.29, 0.717) is 16.1 Å². The quantitative estimate of drug-likeness (QED) is 0.859. The number of piperidine rings is 1. The van der Waals surface area contributed by atoms with Gasteiger partial charge in [0.05, 0.1) is 4.90 Å². The van der Waals surface area contributed by atoms with Crippen molar-refractivity contribution in [2.24, 2.45) is 0 Å². The van der Waals surface area contributed by atoms with Crippen molar-refractivity contribution >= 4 is 15.7 Å². The van der Waals surface area contributed by atoms with Crippen LogP contribution in [0.25, 0.3) is 0 Å². The first-order valence-corrected chi connectivity index (χ1v) is 8.86. The van der Waals surface area contributed by atoms with Gasteiger partial charge >= 0.3 is 0 Å².